The summed E-state index contributed by atoms with van der Waals surface area (Å²) in [5.74, 6) is -4.02. The van der Waals surface area contributed by atoms with Gasteiger partial charge in [0.15, 0.2) is 17.5 Å². The molecule has 0 aliphatic carbocycles. The lowest BCUT2D eigenvalue weighted by molar-refractivity contribution is 0.448. The van der Waals surface area contributed by atoms with Crippen LogP contribution in [-0.2, 0) is 5.41 Å². The Morgan fingerprint density at radius 1 is 1.00 bits per heavy atom. The minimum atomic E-state index is -1.51. The molecular weight excluding hydrogens is 313 g/mol. The Morgan fingerprint density at radius 2 is 1.71 bits per heavy atom. The van der Waals surface area contributed by atoms with Crippen molar-refractivity contribution in [2.24, 2.45) is 4.99 Å². The zero-order chi connectivity index (χ0) is 17.5. The quantitative estimate of drug-likeness (QED) is 0.551. The zero-order valence-electron chi connectivity index (χ0n) is 13.6. The van der Waals surface area contributed by atoms with Gasteiger partial charge >= 0.3 is 0 Å². The second-order valence-electron chi connectivity index (χ2n) is 6.23. The van der Waals surface area contributed by atoms with E-state index in [2.05, 4.69) is 24.9 Å². The number of nitrogens with zero attached hydrogens (tertiary/aromatic N) is 2. The lowest BCUT2D eigenvalue weighted by atomic mass is 9.84. The fourth-order valence-corrected chi connectivity index (χ4v) is 3.11. The summed E-state index contributed by atoms with van der Waals surface area (Å²) in [6, 6.07) is 10.0. The largest absolute Gasteiger partial charge is 0.347 e. The summed E-state index contributed by atoms with van der Waals surface area (Å²) in [5.41, 5.74) is 2.80. The Morgan fingerprint density at radius 3 is 2.42 bits per heavy atom. The highest BCUT2D eigenvalue weighted by Gasteiger charge is 2.37. The predicted molar refractivity (Wildman–Crippen MR) is 90.4 cm³/mol. The predicted octanol–water partition coefficient (Wildman–Crippen LogP) is 5.12. The van der Waals surface area contributed by atoms with E-state index in [1.54, 1.807) is 6.08 Å². The maximum Gasteiger partial charge on any atom is 0.196 e. The van der Waals surface area contributed by atoms with Gasteiger partial charge in [-0.25, -0.2) is 13.2 Å². The number of fused-ring (bicyclic) bond motifs is 1. The highest BCUT2D eigenvalue weighted by Crippen LogP contribution is 2.46. The van der Waals surface area contributed by atoms with E-state index in [-0.39, 0.29) is 11.1 Å². The molecule has 2 aromatic carbocycles. The van der Waals surface area contributed by atoms with Crippen LogP contribution in [0.3, 0.4) is 0 Å². The topological polar surface area (TPSA) is 15.6 Å². The number of rotatable bonds is 2. The maximum atomic E-state index is 13.6. The van der Waals surface area contributed by atoms with Gasteiger partial charge in [0.05, 0.1) is 0 Å². The van der Waals surface area contributed by atoms with Crippen LogP contribution in [0, 0.1) is 17.5 Å². The molecule has 2 nitrogen and oxygen atoms in total. The maximum absolute atomic E-state index is 13.6. The molecule has 2 aromatic rings. The Bertz CT molecular complexity index is 854. The first-order valence-corrected chi connectivity index (χ1v) is 7.55. The van der Waals surface area contributed by atoms with Gasteiger partial charge < -0.3 is 4.90 Å². The standard InChI is InChI=1S/C19H17F3N2/c1-19(2)12-6-4-5-7-15(12)24(3)16(19)10-11-23-14-9-8-13(20)17(21)18(14)22/h4-11H,1-3H3/b16-10+,23-11?. The van der Waals surface area contributed by atoms with Crippen molar-refractivity contribution in [3.63, 3.8) is 0 Å². The molecular formula is C19H17F3N2. The van der Waals surface area contributed by atoms with Gasteiger partial charge in [0.2, 0.25) is 0 Å². The number of aliphatic imine (C=N–C) groups is 1. The Labute approximate surface area is 138 Å². The highest BCUT2D eigenvalue weighted by molar-refractivity contribution is 5.80. The van der Waals surface area contributed by atoms with Crippen molar-refractivity contribution >= 4 is 17.6 Å². The van der Waals surface area contributed by atoms with Crippen molar-refractivity contribution in [3.05, 3.63) is 71.2 Å². The summed E-state index contributed by atoms with van der Waals surface area (Å²) < 4.78 is 39.8. The van der Waals surface area contributed by atoms with E-state index < -0.39 is 17.5 Å². The highest BCUT2D eigenvalue weighted by atomic mass is 19.2. The van der Waals surface area contributed by atoms with E-state index in [1.807, 2.05) is 30.1 Å². The first-order valence-electron chi connectivity index (χ1n) is 7.55. The van der Waals surface area contributed by atoms with Crippen LogP contribution in [0.15, 0.2) is 53.2 Å². The summed E-state index contributed by atoms with van der Waals surface area (Å²) >= 11 is 0. The van der Waals surface area contributed by atoms with Crippen molar-refractivity contribution in [3.8, 4) is 0 Å². The molecule has 1 heterocycles. The van der Waals surface area contributed by atoms with E-state index in [4.69, 9.17) is 0 Å². The van der Waals surface area contributed by atoms with Crippen molar-refractivity contribution < 1.29 is 13.2 Å². The van der Waals surface area contributed by atoms with Crippen LogP contribution < -0.4 is 4.90 Å². The zero-order valence-corrected chi connectivity index (χ0v) is 13.6. The van der Waals surface area contributed by atoms with Gasteiger partial charge in [-0.05, 0) is 29.8 Å². The van der Waals surface area contributed by atoms with Crippen LogP contribution >= 0.6 is 0 Å². The van der Waals surface area contributed by atoms with Crippen molar-refractivity contribution in [1.29, 1.82) is 0 Å². The minimum absolute atomic E-state index is 0.232. The van der Waals surface area contributed by atoms with Gasteiger partial charge in [-0.1, -0.05) is 32.0 Å². The molecule has 0 unspecified atom stereocenters. The molecule has 0 saturated carbocycles. The minimum Gasteiger partial charge on any atom is -0.347 e. The molecule has 0 bridgehead atoms. The molecule has 0 N–H and O–H groups in total. The van der Waals surface area contributed by atoms with Crippen molar-refractivity contribution in [2.75, 3.05) is 11.9 Å². The van der Waals surface area contributed by atoms with E-state index in [0.717, 1.165) is 23.5 Å². The van der Waals surface area contributed by atoms with Gasteiger partial charge in [-0.3, -0.25) is 4.99 Å². The lowest BCUT2D eigenvalue weighted by Crippen LogP contribution is -2.23. The fourth-order valence-electron chi connectivity index (χ4n) is 3.11. The summed E-state index contributed by atoms with van der Waals surface area (Å²) in [5, 5.41) is 0. The first kappa shape index (κ1) is 16.3. The normalized spacial score (nSPS) is 17.8. The van der Waals surface area contributed by atoms with E-state index in [9.17, 15) is 13.2 Å². The molecule has 5 heteroatoms. The molecule has 0 fully saturated rings. The Kier molecular flexibility index (Phi) is 3.95. The van der Waals surface area contributed by atoms with E-state index >= 15 is 0 Å². The smallest absolute Gasteiger partial charge is 0.196 e. The molecule has 3 rings (SSSR count). The van der Waals surface area contributed by atoms with Crippen LogP contribution in [-0.4, -0.2) is 13.3 Å². The van der Waals surface area contributed by atoms with Gasteiger partial charge in [-0.15, -0.1) is 0 Å². The summed E-state index contributed by atoms with van der Waals surface area (Å²) in [4.78, 5) is 5.97. The van der Waals surface area contributed by atoms with E-state index in [0.29, 0.717) is 0 Å². The number of hydrogen-bond acceptors (Lipinski definition) is 2. The number of likely N-dealkylation sites (N-methyl/N-ethyl adjacent to an activating group) is 1. The molecule has 1 aliphatic rings. The monoisotopic (exact) mass is 330 g/mol. The van der Waals surface area contributed by atoms with Gasteiger partial charge in [0.1, 0.15) is 5.69 Å². The molecule has 0 aromatic heterocycles. The van der Waals surface area contributed by atoms with Crippen molar-refractivity contribution in [1.82, 2.24) is 0 Å². The van der Waals surface area contributed by atoms with Crippen LogP contribution in [0.1, 0.15) is 19.4 Å². The van der Waals surface area contributed by atoms with Crippen molar-refractivity contribution in [2.45, 2.75) is 19.3 Å². The average Bonchev–Trinajstić information content (AvgIpc) is 2.76. The number of para-hydroxylation sites is 1. The SMILES string of the molecule is CN1/C(=C/C=Nc2ccc(F)c(F)c2F)C(C)(C)c2ccccc21. The average molecular weight is 330 g/mol. The van der Waals surface area contributed by atoms with E-state index in [1.165, 1.54) is 11.8 Å². The summed E-state index contributed by atoms with van der Waals surface area (Å²) in [6.07, 6.45) is 3.18. The molecule has 0 amide bonds. The number of allylic oxidation sites excluding steroid dienone is 2. The molecule has 0 spiro atoms. The second kappa shape index (κ2) is 5.82. The molecule has 1 aliphatic heterocycles. The Hall–Kier alpha value is -2.56. The summed E-state index contributed by atoms with van der Waals surface area (Å²) in [7, 11) is 1.95. The van der Waals surface area contributed by atoms with Crippen LogP contribution in [0.2, 0.25) is 0 Å². The van der Waals surface area contributed by atoms with Crippen LogP contribution in [0.5, 0.6) is 0 Å². The van der Waals surface area contributed by atoms with Crippen LogP contribution in [0.25, 0.3) is 0 Å². The van der Waals surface area contributed by atoms with Gasteiger partial charge in [0.25, 0.3) is 0 Å². The lowest BCUT2D eigenvalue weighted by Gasteiger charge is -2.23. The second-order valence-corrected chi connectivity index (χ2v) is 6.23. The number of benzene rings is 2. The number of hydrogen-bond donors (Lipinski definition) is 0. The third-order valence-corrected chi connectivity index (χ3v) is 4.40. The van der Waals surface area contributed by atoms with Gasteiger partial charge in [-0.2, -0.15) is 0 Å². The van der Waals surface area contributed by atoms with Gasteiger partial charge in [0, 0.05) is 30.1 Å². The fraction of sp³-hybridized carbons (Fsp3) is 0.211. The summed E-state index contributed by atoms with van der Waals surface area (Å²) in [6.45, 7) is 4.18. The third-order valence-electron chi connectivity index (χ3n) is 4.40. The van der Waals surface area contributed by atoms with Crippen LogP contribution in [0.4, 0.5) is 24.5 Å². The molecule has 0 atom stereocenters. The molecule has 124 valence electrons. The number of halogens is 3. The number of anilines is 1. The third kappa shape index (κ3) is 2.50. The molecule has 0 radical (unpaired) electrons. The molecule has 0 saturated heterocycles. The Balaban J connectivity index is 1.95. The first-order chi connectivity index (χ1) is 11.3. The molecule has 24 heavy (non-hydrogen) atoms.